The Balaban J connectivity index is 1.67. The molecule has 1 aromatic carbocycles. The summed E-state index contributed by atoms with van der Waals surface area (Å²) in [5.41, 5.74) is 4.44. The average molecular weight is 364 g/mol. The summed E-state index contributed by atoms with van der Waals surface area (Å²) in [4.78, 5) is 27.9. The first kappa shape index (κ1) is 18.3. The molecular weight excluding hydrogens is 344 g/mol. The van der Waals surface area contributed by atoms with Crippen LogP contribution in [0.1, 0.15) is 27.3 Å². The number of carbonyl (C=O) groups is 2. The van der Waals surface area contributed by atoms with E-state index < -0.39 is 11.9 Å². The standard InChI is InChI=1S/C20H20N4O3/c1-13-6-8-17(9-7-13)24-15(3)19(14(2)23-24)22-18(25)12-27-20(26)16-5-4-10-21-11-16/h4-11H,12H2,1-3H3,(H,22,25). The Kier molecular flexibility index (Phi) is 5.30. The largest absolute Gasteiger partial charge is 0.452 e. The van der Waals surface area contributed by atoms with Crippen LogP contribution < -0.4 is 5.32 Å². The average Bonchev–Trinajstić information content (AvgIpc) is 2.95. The van der Waals surface area contributed by atoms with Crippen molar-refractivity contribution < 1.29 is 14.3 Å². The van der Waals surface area contributed by atoms with Crippen LogP contribution >= 0.6 is 0 Å². The van der Waals surface area contributed by atoms with Gasteiger partial charge < -0.3 is 10.1 Å². The van der Waals surface area contributed by atoms with E-state index in [1.54, 1.807) is 23.0 Å². The molecule has 2 heterocycles. The quantitative estimate of drug-likeness (QED) is 0.704. The van der Waals surface area contributed by atoms with Crippen molar-refractivity contribution in [3.05, 3.63) is 71.3 Å². The molecule has 0 aliphatic carbocycles. The highest BCUT2D eigenvalue weighted by atomic mass is 16.5. The zero-order chi connectivity index (χ0) is 19.4. The van der Waals surface area contributed by atoms with Gasteiger partial charge in [0.15, 0.2) is 6.61 Å². The van der Waals surface area contributed by atoms with Crippen LogP contribution in [0.15, 0.2) is 48.8 Å². The minimum absolute atomic E-state index is 0.296. The summed E-state index contributed by atoms with van der Waals surface area (Å²) in [5.74, 6) is -1.02. The number of carbonyl (C=O) groups excluding carboxylic acids is 2. The monoisotopic (exact) mass is 364 g/mol. The van der Waals surface area contributed by atoms with Crippen LogP contribution in [-0.4, -0.2) is 33.2 Å². The highest BCUT2D eigenvalue weighted by molar-refractivity contribution is 5.96. The lowest BCUT2D eigenvalue weighted by atomic mass is 10.2. The van der Waals surface area contributed by atoms with Crippen LogP contribution in [0, 0.1) is 20.8 Å². The number of aryl methyl sites for hydroxylation is 2. The molecule has 0 saturated carbocycles. The van der Waals surface area contributed by atoms with Crippen molar-refractivity contribution in [2.24, 2.45) is 0 Å². The number of aromatic nitrogens is 3. The minimum Gasteiger partial charge on any atom is -0.452 e. The van der Waals surface area contributed by atoms with Gasteiger partial charge in [-0.1, -0.05) is 17.7 Å². The number of nitrogens with one attached hydrogen (secondary N) is 1. The van der Waals surface area contributed by atoms with E-state index in [9.17, 15) is 9.59 Å². The maximum absolute atomic E-state index is 12.2. The van der Waals surface area contributed by atoms with Crippen LogP contribution in [0.4, 0.5) is 5.69 Å². The van der Waals surface area contributed by atoms with Crippen molar-refractivity contribution in [3.8, 4) is 5.69 Å². The van der Waals surface area contributed by atoms with Gasteiger partial charge in [-0.25, -0.2) is 9.48 Å². The maximum atomic E-state index is 12.2. The normalized spacial score (nSPS) is 10.5. The third-order valence-corrected chi connectivity index (χ3v) is 4.07. The smallest absolute Gasteiger partial charge is 0.340 e. The summed E-state index contributed by atoms with van der Waals surface area (Å²) >= 11 is 0. The fourth-order valence-corrected chi connectivity index (χ4v) is 2.63. The van der Waals surface area contributed by atoms with Crippen LogP contribution in [0.2, 0.25) is 0 Å². The molecule has 7 nitrogen and oxygen atoms in total. The Hall–Kier alpha value is -3.48. The van der Waals surface area contributed by atoms with Gasteiger partial charge in [0.25, 0.3) is 5.91 Å². The molecule has 1 amide bonds. The van der Waals surface area contributed by atoms with Crippen molar-refractivity contribution >= 4 is 17.6 Å². The number of esters is 1. The summed E-state index contributed by atoms with van der Waals surface area (Å²) in [6.07, 6.45) is 2.95. The van der Waals surface area contributed by atoms with Gasteiger partial charge in [0.2, 0.25) is 0 Å². The Morgan fingerprint density at radius 2 is 1.85 bits per heavy atom. The highest BCUT2D eigenvalue weighted by Gasteiger charge is 2.16. The lowest BCUT2D eigenvalue weighted by Gasteiger charge is -2.08. The van der Waals surface area contributed by atoms with Crippen molar-refractivity contribution in [3.63, 3.8) is 0 Å². The number of rotatable bonds is 5. The van der Waals surface area contributed by atoms with Gasteiger partial charge in [-0.3, -0.25) is 9.78 Å². The van der Waals surface area contributed by atoms with E-state index in [4.69, 9.17) is 4.74 Å². The summed E-state index contributed by atoms with van der Waals surface area (Å²) in [6, 6.07) is 11.1. The molecule has 3 rings (SSSR count). The SMILES string of the molecule is Cc1ccc(-n2nc(C)c(NC(=O)COC(=O)c3cccnc3)c2C)cc1. The third-order valence-electron chi connectivity index (χ3n) is 4.07. The fraction of sp³-hybridized carbons (Fsp3) is 0.200. The zero-order valence-corrected chi connectivity index (χ0v) is 15.4. The van der Waals surface area contributed by atoms with Crippen LogP contribution in [0.5, 0.6) is 0 Å². The molecule has 0 saturated heterocycles. The number of pyridine rings is 1. The first-order valence-electron chi connectivity index (χ1n) is 8.46. The number of hydrogen-bond donors (Lipinski definition) is 1. The molecule has 1 N–H and O–H groups in total. The molecule has 3 aromatic rings. The molecule has 0 aliphatic heterocycles. The van der Waals surface area contributed by atoms with Gasteiger partial charge in [0, 0.05) is 12.4 Å². The van der Waals surface area contributed by atoms with Crippen molar-refractivity contribution in [2.75, 3.05) is 11.9 Å². The molecule has 0 unspecified atom stereocenters. The van der Waals surface area contributed by atoms with Gasteiger partial charge in [-0.2, -0.15) is 5.10 Å². The van der Waals surface area contributed by atoms with Crippen molar-refractivity contribution in [2.45, 2.75) is 20.8 Å². The van der Waals surface area contributed by atoms with Crippen LogP contribution in [0.3, 0.4) is 0 Å². The number of anilines is 1. The van der Waals surface area contributed by atoms with Gasteiger partial charge >= 0.3 is 5.97 Å². The second kappa shape index (κ2) is 7.82. The van der Waals surface area contributed by atoms with Gasteiger partial charge in [-0.15, -0.1) is 0 Å². The van der Waals surface area contributed by atoms with E-state index in [2.05, 4.69) is 15.4 Å². The summed E-state index contributed by atoms with van der Waals surface area (Å²) < 4.78 is 6.80. The predicted molar refractivity (Wildman–Crippen MR) is 101 cm³/mol. The van der Waals surface area contributed by atoms with Gasteiger partial charge in [0.1, 0.15) is 0 Å². The molecule has 0 aliphatic rings. The van der Waals surface area contributed by atoms with E-state index in [1.807, 2.05) is 45.0 Å². The van der Waals surface area contributed by atoms with Crippen molar-refractivity contribution in [1.29, 1.82) is 0 Å². The van der Waals surface area contributed by atoms with E-state index in [0.717, 1.165) is 16.9 Å². The molecule has 138 valence electrons. The first-order valence-corrected chi connectivity index (χ1v) is 8.46. The van der Waals surface area contributed by atoms with Gasteiger partial charge in [0.05, 0.1) is 28.3 Å². The Labute approximate surface area is 157 Å². The summed E-state index contributed by atoms with van der Waals surface area (Å²) in [7, 11) is 0. The van der Waals surface area contributed by atoms with E-state index in [-0.39, 0.29) is 6.61 Å². The Bertz CT molecular complexity index is 963. The lowest BCUT2D eigenvalue weighted by molar-refractivity contribution is -0.119. The van der Waals surface area contributed by atoms with E-state index >= 15 is 0 Å². The second-order valence-electron chi connectivity index (χ2n) is 6.16. The number of nitrogens with zero attached hydrogens (tertiary/aromatic N) is 3. The molecule has 0 atom stereocenters. The highest BCUT2D eigenvalue weighted by Crippen LogP contribution is 2.23. The van der Waals surface area contributed by atoms with Crippen LogP contribution in [-0.2, 0) is 9.53 Å². The minimum atomic E-state index is -0.595. The molecule has 0 radical (unpaired) electrons. The lowest BCUT2D eigenvalue weighted by Crippen LogP contribution is -2.21. The molecule has 0 bridgehead atoms. The second-order valence-corrected chi connectivity index (χ2v) is 6.16. The molecule has 0 fully saturated rings. The summed E-state index contributed by atoms with van der Waals surface area (Å²) in [5, 5.41) is 7.26. The van der Waals surface area contributed by atoms with Crippen molar-refractivity contribution in [1.82, 2.24) is 14.8 Å². The maximum Gasteiger partial charge on any atom is 0.340 e. The Morgan fingerprint density at radius 1 is 1.11 bits per heavy atom. The number of hydrogen-bond acceptors (Lipinski definition) is 5. The third kappa shape index (κ3) is 4.20. The number of amides is 1. The Morgan fingerprint density at radius 3 is 2.52 bits per heavy atom. The fourth-order valence-electron chi connectivity index (χ4n) is 2.63. The molecule has 27 heavy (non-hydrogen) atoms. The van der Waals surface area contributed by atoms with Crippen LogP contribution in [0.25, 0.3) is 5.69 Å². The number of benzene rings is 1. The first-order chi connectivity index (χ1) is 13.0. The molecular formula is C20H20N4O3. The molecule has 7 heteroatoms. The molecule has 0 spiro atoms. The summed E-state index contributed by atoms with van der Waals surface area (Å²) in [6.45, 7) is 5.32. The van der Waals surface area contributed by atoms with Gasteiger partial charge in [-0.05, 0) is 45.0 Å². The predicted octanol–water partition coefficient (Wildman–Crippen LogP) is 2.99. The topological polar surface area (TPSA) is 86.1 Å². The molecule has 2 aromatic heterocycles. The number of ether oxygens (including phenoxy) is 1. The zero-order valence-electron chi connectivity index (χ0n) is 15.4. The van der Waals surface area contributed by atoms with E-state index in [1.165, 1.54) is 6.20 Å². The van der Waals surface area contributed by atoms with E-state index in [0.29, 0.717) is 16.9 Å².